The van der Waals surface area contributed by atoms with Crippen molar-refractivity contribution in [1.82, 2.24) is 10.2 Å². The van der Waals surface area contributed by atoms with Gasteiger partial charge in [0.2, 0.25) is 0 Å². The maximum atomic E-state index is 11.9. The molecule has 17 heavy (non-hydrogen) atoms. The average Bonchev–Trinajstić information content (AvgIpc) is 2.96. The van der Waals surface area contributed by atoms with Crippen LogP contribution >= 0.6 is 0 Å². The van der Waals surface area contributed by atoms with Gasteiger partial charge in [-0.15, -0.1) is 0 Å². The number of carbonyl (C=O) groups excluding carboxylic acids is 1. The molecule has 2 fully saturated rings. The Kier molecular flexibility index (Phi) is 3.86. The number of likely N-dealkylation sites (tertiary alicyclic amines) is 1. The molecule has 0 aromatic rings. The van der Waals surface area contributed by atoms with E-state index in [2.05, 4.69) is 5.32 Å². The first-order chi connectivity index (χ1) is 8.18. The van der Waals surface area contributed by atoms with E-state index in [9.17, 15) is 9.59 Å². The van der Waals surface area contributed by atoms with E-state index in [1.54, 1.807) is 0 Å². The lowest BCUT2D eigenvalue weighted by atomic mass is 10.1. The Morgan fingerprint density at radius 3 is 2.53 bits per heavy atom. The molecule has 1 atom stereocenters. The Labute approximate surface area is 101 Å². The fourth-order valence-corrected chi connectivity index (χ4v) is 2.81. The van der Waals surface area contributed by atoms with Gasteiger partial charge in [0.25, 0.3) is 0 Å². The minimum Gasteiger partial charge on any atom is -0.480 e. The molecule has 1 saturated carbocycles. The smallest absolute Gasteiger partial charge is 0.326 e. The summed E-state index contributed by atoms with van der Waals surface area (Å²) in [6, 6.07) is -0.833. The van der Waals surface area contributed by atoms with Crippen LogP contribution < -0.4 is 5.32 Å². The van der Waals surface area contributed by atoms with Gasteiger partial charge in [-0.3, -0.25) is 0 Å². The number of carbonyl (C=O) groups is 2. The van der Waals surface area contributed by atoms with Crippen molar-refractivity contribution in [3.8, 4) is 0 Å². The highest BCUT2D eigenvalue weighted by Gasteiger charge is 2.34. The highest BCUT2D eigenvalue weighted by Crippen LogP contribution is 2.24. The summed E-state index contributed by atoms with van der Waals surface area (Å²) < 4.78 is 0. The van der Waals surface area contributed by atoms with Crippen molar-refractivity contribution in [3.63, 3.8) is 0 Å². The lowest BCUT2D eigenvalue weighted by molar-refractivity contribution is -0.141. The second-order valence-electron chi connectivity index (χ2n) is 5.03. The summed E-state index contributed by atoms with van der Waals surface area (Å²) in [7, 11) is 0. The third-order valence-electron chi connectivity index (χ3n) is 3.82. The number of hydrogen-bond donors (Lipinski definition) is 2. The number of urea groups is 1. The quantitative estimate of drug-likeness (QED) is 0.784. The first kappa shape index (κ1) is 12.2. The molecule has 1 aliphatic heterocycles. The molecule has 1 saturated heterocycles. The molecule has 0 spiro atoms. The highest BCUT2D eigenvalue weighted by molar-refractivity contribution is 5.83. The molecule has 1 heterocycles. The molecular formula is C12H20N2O3. The lowest BCUT2D eigenvalue weighted by Gasteiger charge is -2.22. The summed E-state index contributed by atoms with van der Waals surface area (Å²) in [6.45, 7) is 1.26. The van der Waals surface area contributed by atoms with Crippen molar-refractivity contribution < 1.29 is 14.7 Å². The SMILES string of the molecule is O=C(O)[C@@H]1CCCN1C(=O)NCC1CCCC1. The molecule has 5 nitrogen and oxygen atoms in total. The molecule has 2 aliphatic rings. The Morgan fingerprint density at radius 1 is 1.18 bits per heavy atom. The maximum absolute atomic E-state index is 11.9. The van der Waals surface area contributed by atoms with Crippen molar-refractivity contribution >= 4 is 12.0 Å². The van der Waals surface area contributed by atoms with Gasteiger partial charge in [-0.1, -0.05) is 12.8 Å². The highest BCUT2D eigenvalue weighted by atomic mass is 16.4. The van der Waals surface area contributed by atoms with E-state index < -0.39 is 12.0 Å². The average molecular weight is 240 g/mol. The second-order valence-corrected chi connectivity index (χ2v) is 5.03. The summed E-state index contributed by atoms with van der Waals surface area (Å²) in [5.74, 6) is -0.302. The topological polar surface area (TPSA) is 69.6 Å². The zero-order chi connectivity index (χ0) is 12.3. The van der Waals surface area contributed by atoms with Crippen molar-refractivity contribution in [2.24, 2.45) is 5.92 Å². The van der Waals surface area contributed by atoms with Gasteiger partial charge in [-0.2, -0.15) is 0 Å². The van der Waals surface area contributed by atoms with E-state index in [4.69, 9.17) is 5.11 Å². The number of rotatable bonds is 3. The van der Waals surface area contributed by atoms with E-state index in [1.807, 2.05) is 0 Å². The summed E-state index contributed by atoms with van der Waals surface area (Å²) in [5.41, 5.74) is 0. The second kappa shape index (κ2) is 5.38. The first-order valence-corrected chi connectivity index (χ1v) is 6.46. The van der Waals surface area contributed by atoms with Gasteiger partial charge >= 0.3 is 12.0 Å². The zero-order valence-electron chi connectivity index (χ0n) is 10.0. The molecule has 0 bridgehead atoms. The van der Waals surface area contributed by atoms with Crippen LogP contribution in [-0.2, 0) is 4.79 Å². The number of carboxylic acids is 1. The Hall–Kier alpha value is -1.26. The van der Waals surface area contributed by atoms with Crippen LogP contribution in [0.5, 0.6) is 0 Å². The predicted octanol–water partition coefficient (Wildman–Crippen LogP) is 1.44. The van der Waals surface area contributed by atoms with Crippen LogP contribution in [0.4, 0.5) is 4.79 Å². The number of nitrogens with zero attached hydrogens (tertiary/aromatic N) is 1. The number of aliphatic carboxylic acids is 1. The Bertz CT molecular complexity index is 300. The fraction of sp³-hybridized carbons (Fsp3) is 0.833. The fourth-order valence-electron chi connectivity index (χ4n) is 2.81. The lowest BCUT2D eigenvalue weighted by Crippen LogP contribution is -2.46. The van der Waals surface area contributed by atoms with Gasteiger partial charge in [-0.05, 0) is 31.6 Å². The zero-order valence-corrected chi connectivity index (χ0v) is 10.0. The normalized spacial score (nSPS) is 25.2. The van der Waals surface area contributed by atoms with Crippen LogP contribution in [0.2, 0.25) is 0 Å². The minimum atomic E-state index is -0.890. The molecule has 0 aromatic carbocycles. The van der Waals surface area contributed by atoms with Gasteiger partial charge in [0.1, 0.15) is 6.04 Å². The predicted molar refractivity (Wildman–Crippen MR) is 62.7 cm³/mol. The van der Waals surface area contributed by atoms with Gasteiger partial charge in [0.05, 0.1) is 0 Å². The molecule has 2 amide bonds. The van der Waals surface area contributed by atoms with Crippen molar-refractivity contribution in [2.75, 3.05) is 13.1 Å². The molecule has 0 radical (unpaired) electrons. The minimum absolute atomic E-state index is 0.207. The Balaban J connectivity index is 1.80. The van der Waals surface area contributed by atoms with E-state index in [0.717, 1.165) is 6.42 Å². The van der Waals surface area contributed by atoms with E-state index in [-0.39, 0.29) is 6.03 Å². The van der Waals surface area contributed by atoms with Crippen LogP contribution in [0.25, 0.3) is 0 Å². The maximum Gasteiger partial charge on any atom is 0.326 e. The number of hydrogen-bond acceptors (Lipinski definition) is 2. The largest absolute Gasteiger partial charge is 0.480 e. The summed E-state index contributed by atoms with van der Waals surface area (Å²) in [6.07, 6.45) is 6.23. The van der Waals surface area contributed by atoms with Crippen LogP contribution in [-0.4, -0.2) is 41.1 Å². The molecular weight excluding hydrogens is 220 g/mol. The number of nitrogens with one attached hydrogen (secondary N) is 1. The van der Waals surface area contributed by atoms with Crippen molar-refractivity contribution in [2.45, 2.75) is 44.6 Å². The molecule has 0 aromatic heterocycles. The molecule has 5 heteroatoms. The van der Waals surface area contributed by atoms with Crippen LogP contribution in [0.15, 0.2) is 0 Å². The van der Waals surface area contributed by atoms with Crippen LogP contribution in [0.3, 0.4) is 0 Å². The molecule has 2 N–H and O–H groups in total. The van der Waals surface area contributed by atoms with Gasteiger partial charge < -0.3 is 15.3 Å². The molecule has 1 aliphatic carbocycles. The van der Waals surface area contributed by atoms with Crippen LogP contribution in [0.1, 0.15) is 38.5 Å². The standard InChI is InChI=1S/C12H20N2O3/c15-11(16)10-6-3-7-14(10)12(17)13-8-9-4-1-2-5-9/h9-10H,1-8H2,(H,13,17)(H,15,16)/t10-/m0/s1. The van der Waals surface area contributed by atoms with Gasteiger partial charge in [0.15, 0.2) is 0 Å². The van der Waals surface area contributed by atoms with E-state index >= 15 is 0 Å². The summed E-state index contributed by atoms with van der Waals surface area (Å²) in [5, 5.41) is 11.9. The summed E-state index contributed by atoms with van der Waals surface area (Å²) >= 11 is 0. The number of carboxylic acid groups (broad SMARTS) is 1. The van der Waals surface area contributed by atoms with Crippen LogP contribution in [0, 0.1) is 5.92 Å². The third kappa shape index (κ3) is 2.90. The van der Waals surface area contributed by atoms with Gasteiger partial charge in [0, 0.05) is 13.1 Å². The molecule has 0 unspecified atom stereocenters. The van der Waals surface area contributed by atoms with Gasteiger partial charge in [-0.25, -0.2) is 9.59 Å². The van der Waals surface area contributed by atoms with Crippen molar-refractivity contribution in [1.29, 1.82) is 0 Å². The van der Waals surface area contributed by atoms with E-state index in [1.165, 1.54) is 30.6 Å². The molecule has 2 rings (SSSR count). The van der Waals surface area contributed by atoms with Crippen molar-refractivity contribution in [3.05, 3.63) is 0 Å². The summed E-state index contributed by atoms with van der Waals surface area (Å²) in [4.78, 5) is 24.3. The Morgan fingerprint density at radius 2 is 1.88 bits per heavy atom. The monoisotopic (exact) mass is 240 g/mol. The number of amides is 2. The first-order valence-electron chi connectivity index (χ1n) is 6.46. The van der Waals surface area contributed by atoms with E-state index in [0.29, 0.717) is 25.4 Å². The molecule has 96 valence electrons. The third-order valence-corrected chi connectivity index (χ3v) is 3.82.